The zero-order valence-electron chi connectivity index (χ0n) is 41.4. The Bertz CT molecular complexity index is 1140. The first-order valence-corrected chi connectivity index (χ1v) is 31.6. The van der Waals surface area contributed by atoms with Crippen LogP contribution in [0.2, 0.25) is 37.8 Å². The number of carbonyl (C=O) groups excluding carboxylic acids is 4. The number of amides is 3. The van der Waals surface area contributed by atoms with E-state index in [4.69, 9.17) is 13.3 Å². The summed E-state index contributed by atoms with van der Waals surface area (Å²) >= 11 is 0. The van der Waals surface area contributed by atoms with Gasteiger partial charge in [0.05, 0.1) is 13.1 Å². The van der Waals surface area contributed by atoms with Crippen LogP contribution in [-0.4, -0.2) is 159 Å². The molecule has 1 aliphatic rings. The molecular formula is C44H94N6O10Si3. The van der Waals surface area contributed by atoms with Crippen molar-refractivity contribution in [3.05, 3.63) is 0 Å². The molecule has 0 aromatic heterocycles. The number of unbranched alkanes of at least 4 members (excludes halogenated alkanes) is 10. The number of carbonyl (C=O) groups is 2. The van der Waals surface area contributed by atoms with Crippen LogP contribution in [0, 0.1) is 0 Å². The van der Waals surface area contributed by atoms with Crippen molar-refractivity contribution in [2.75, 3.05) is 80.2 Å². The summed E-state index contributed by atoms with van der Waals surface area (Å²) in [5.74, 6) is 0.214. The number of nitrogens with one attached hydrogen (secondary N) is 1. The van der Waals surface area contributed by atoms with E-state index in [9.17, 15) is 28.8 Å². The van der Waals surface area contributed by atoms with Crippen molar-refractivity contribution in [1.29, 1.82) is 0 Å². The quantitative estimate of drug-likeness (QED) is 0.0245. The molecule has 0 spiro atoms. The summed E-state index contributed by atoms with van der Waals surface area (Å²) in [4.78, 5) is 75.6. The lowest BCUT2D eigenvalue weighted by molar-refractivity contribution is -0.131. The molecule has 0 saturated carbocycles. The Labute approximate surface area is 386 Å². The van der Waals surface area contributed by atoms with Gasteiger partial charge in [0.15, 0.2) is 0 Å². The number of aliphatic imine (C=N–C) groups is 2. The molecule has 0 bridgehead atoms. The second-order valence-corrected chi connectivity index (χ2v) is 27.4. The van der Waals surface area contributed by atoms with Crippen LogP contribution in [0.25, 0.3) is 0 Å². The van der Waals surface area contributed by atoms with Gasteiger partial charge < -0.3 is 48.0 Å². The first-order chi connectivity index (χ1) is 29.7. The predicted octanol–water partition coefficient (Wildman–Crippen LogP) is 7.57. The van der Waals surface area contributed by atoms with Gasteiger partial charge in [-0.1, -0.05) is 72.1 Å². The molecule has 372 valence electrons. The molecule has 5 N–H and O–H groups in total. The summed E-state index contributed by atoms with van der Waals surface area (Å²) in [7, 11) is -1.56. The summed E-state index contributed by atoms with van der Waals surface area (Å²) in [6, 6.07) is 2.57. The van der Waals surface area contributed by atoms with E-state index in [1.165, 1.54) is 50.6 Å². The molecule has 0 aromatic carbocycles. The smallest absolute Gasteiger partial charge is 0.332 e. The molecule has 0 aromatic rings. The molecule has 3 atom stereocenters. The van der Waals surface area contributed by atoms with Crippen molar-refractivity contribution < 1.29 is 47.5 Å². The lowest BCUT2D eigenvalue weighted by Gasteiger charge is -2.30. The van der Waals surface area contributed by atoms with Gasteiger partial charge in [0.25, 0.3) is 8.48 Å². The second kappa shape index (κ2) is 42.5. The minimum Gasteiger partial charge on any atom is -0.412 e. The van der Waals surface area contributed by atoms with Crippen LogP contribution in [0.15, 0.2) is 9.98 Å². The van der Waals surface area contributed by atoms with Gasteiger partial charge in [0.1, 0.15) is 0 Å². The number of rotatable bonds is 35. The summed E-state index contributed by atoms with van der Waals surface area (Å²) in [6.07, 6.45) is 21.8. The molecule has 19 heteroatoms. The zero-order valence-corrected chi connectivity index (χ0v) is 44.4. The predicted molar refractivity (Wildman–Crippen MR) is 262 cm³/mol. The van der Waals surface area contributed by atoms with Gasteiger partial charge in [-0.05, 0) is 115 Å². The third-order valence-corrected chi connectivity index (χ3v) is 19.7. The van der Waals surface area contributed by atoms with Crippen LogP contribution < -0.4 is 5.32 Å². The van der Waals surface area contributed by atoms with Crippen LogP contribution in [0.4, 0.5) is 4.79 Å². The maximum Gasteiger partial charge on any atom is 0.332 e. The summed E-state index contributed by atoms with van der Waals surface area (Å²) < 4.78 is 18.7. The van der Waals surface area contributed by atoms with Gasteiger partial charge in [-0.15, -0.1) is 0 Å². The number of hydrogen-bond donors (Lipinski definition) is 3. The van der Waals surface area contributed by atoms with E-state index in [1.807, 2.05) is 16.9 Å². The van der Waals surface area contributed by atoms with Crippen molar-refractivity contribution in [2.24, 2.45) is 9.98 Å². The first-order valence-electron chi connectivity index (χ1n) is 23.9. The molecule has 1 saturated heterocycles. The van der Waals surface area contributed by atoms with E-state index in [1.54, 1.807) is 27.3 Å². The van der Waals surface area contributed by atoms with E-state index in [-0.39, 0.29) is 17.4 Å². The Balaban J connectivity index is -0.00000116. The second-order valence-electron chi connectivity index (χ2n) is 17.0. The Hall–Kier alpha value is -2.13. The Morgan fingerprint density at radius 1 is 0.698 bits per heavy atom. The van der Waals surface area contributed by atoms with Crippen LogP contribution >= 0.6 is 0 Å². The summed E-state index contributed by atoms with van der Waals surface area (Å²) in [5, 5.41) is 3.05. The Morgan fingerprint density at radius 2 is 1.16 bits per heavy atom. The van der Waals surface area contributed by atoms with Gasteiger partial charge in [-0.3, -0.25) is 4.79 Å². The summed E-state index contributed by atoms with van der Waals surface area (Å²) in [6.45, 7) is 19.5. The molecule has 1 fully saturated rings. The van der Waals surface area contributed by atoms with E-state index in [2.05, 4.69) is 47.2 Å². The lowest BCUT2D eigenvalue weighted by atomic mass is 10.1. The fourth-order valence-electron chi connectivity index (χ4n) is 6.92. The van der Waals surface area contributed by atoms with E-state index in [0.717, 1.165) is 109 Å². The van der Waals surface area contributed by atoms with Crippen molar-refractivity contribution >= 4 is 49.7 Å². The highest BCUT2D eigenvalue weighted by atomic mass is 28.4. The van der Waals surface area contributed by atoms with Crippen LogP contribution in [0.5, 0.6) is 0 Å². The monoisotopic (exact) mass is 951 g/mol. The van der Waals surface area contributed by atoms with Crippen LogP contribution in [-0.2, 0) is 27.7 Å². The van der Waals surface area contributed by atoms with Gasteiger partial charge in [-0.25, -0.2) is 24.4 Å². The Morgan fingerprint density at radius 3 is 1.65 bits per heavy atom. The van der Waals surface area contributed by atoms with Gasteiger partial charge in [0.2, 0.25) is 18.1 Å². The molecule has 63 heavy (non-hydrogen) atoms. The SMILES string of the molecule is CCCCN(CCC[Si](C)(O)OC)C(=O)CCCCCCCNC(=O)N(CCCC)CCC[Si](C)(O)OC.CCCCN1CCC[Si]1(C)OC.O.O=C=NCCCCCCN=C=O. The van der Waals surface area contributed by atoms with Crippen molar-refractivity contribution in [1.82, 2.24) is 19.7 Å². The highest BCUT2D eigenvalue weighted by Gasteiger charge is 2.39. The van der Waals surface area contributed by atoms with E-state index in [0.29, 0.717) is 51.2 Å². The third kappa shape index (κ3) is 36.7. The highest BCUT2D eigenvalue weighted by molar-refractivity contribution is 6.70. The molecular weight excluding hydrogens is 857 g/mol. The fraction of sp³-hybridized carbons (Fsp3) is 0.909. The van der Waals surface area contributed by atoms with Crippen molar-refractivity contribution in [3.63, 3.8) is 0 Å². The average molecular weight is 952 g/mol. The molecule has 16 nitrogen and oxygen atoms in total. The van der Waals surface area contributed by atoms with E-state index < -0.39 is 25.6 Å². The number of hydrogen-bond acceptors (Lipinski definition) is 12. The minimum absolute atomic E-state index is 0. The normalized spacial score (nSPS) is 16.3. The van der Waals surface area contributed by atoms with Crippen molar-refractivity contribution in [3.8, 4) is 0 Å². The first kappa shape index (κ1) is 65.2. The number of isocyanates is 2. The topological polar surface area (TPSA) is 214 Å². The largest absolute Gasteiger partial charge is 0.412 e. The lowest BCUT2D eigenvalue weighted by Crippen LogP contribution is -2.48. The average Bonchev–Trinajstić information content (AvgIpc) is 3.64. The highest BCUT2D eigenvalue weighted by Crippen LogP contribution is 2.26. The standard InChI is InChI=1S/C27H59N3O6Si2.C9H21NOSi.C8H12N2O2.H2O/c1-7-9-20-29(22-16-24-37(5,33)35-3)26(31)18-14-12-11-13-15-19-28-27(32)30(21-10-8-2)23-17-25-38(6,34)36-4;1-4-5-7-10-8-6-9-12(10,3)11-2;11-7-9-5-3-1-2-4-6-10-8-12;/h33-34H,7-25H2,1-6H3,(H,28,32);4-9H2,1-3H3;1-6H2;1H2. The molecule has 3 amide bonds. The summed E-state index contributed by atoms with van der Waals surface area (Å²) in [5.41, 5.74) is 0. The molecule has 0 radical (unpaired) electrons. The van der Waals surface area contributed by atoms with Crippen LogP contribution in [0.3, 0.4) is 0 Å². The Kier molecular flexibility index (Phi) is 44.0. The van der Waals surface area contributed by atoms with Crippen LogP contribution in [0.1, 0.15) is 143 Å². The third-order valence-electron chi connectivity index (χ3n) is 11.4. The number of nitrogens with zero attached hydrogens (tertiary/aromatic N) is 5. The molecule has 3 unspecified atom stereocenters. The minimum atomic E-state index is -2.59. The van der Waals surface area contributed by atoms with Gasteiger partial charge in [0, 0.05) is 60.5 Å². The maximum atomic E-state index is 12.7. The maximum absolute atomic E-state index is 12.7. The fourth-order valence-corrected chi connectivity index (χ4v) is 11.8. The van der Waals surface area contributed by atoms with E-state index >= 15 is 0 Å². The molecule has 1 heterocycles. The molecule has 0 aliphatic carbocycles. The van der Waals surface area contributed by atoms with Gasteiger partial charge >= 0.3 is 23.2 Å². The number of urea groups is 1. The molecule has 1 rings (SSSR count). The van der Waals surface area contributed by atoms with Crippen molar-refractivity contribution in [2.45, 2.75) is 181 Å². The van der Waals surface area contributed by atoms with Gasteiger partial charge in [-0.2, -0.15) is 0 Å². The zero-order chi connectivity index (χ0) is 47.0. The molecule has 1 aliphatic heterocycles.